The molecule has 1 rings (SSSR count). The van der Waals surface area contributed by atoms with Crippen molar-refractivity contribution in [2.45, 2.75) is 39.3 Å². The molecular formula is C14H22FNO2. The Bertz CT molecular complexity index is 367. The number of nitrogens with one attached hydrogen (secondary N) is 1. The van der Waals surface area contributed by atoms with Crippen molar-refractivity contribution >= 4 is 0 Å². The van der Waals surface area contributed by atoms with Gasteiger partial charge in [-0.25, -0.2) is 4.39 Å². The summed E-state index contributed by atoms with van der Waals surface area (Å²) in [6.45, 7) is 5.10. The molecular weight excluding hydrogens is 233 g/mol. The van der Waals surface area contributed by atoms with Gasteiger partial charge in [-0.15, -0.1) is 0 Å². The summed E-state index contributed by atoms with van der Waals surface area (Å²) in [6.07, 6.45) is 1.53. The molecule has 0 radical (unpaired) electrons. The second-order valence-corrected chi connectivity index (χ2v) is 4.56. The molecule has 3 nitrogen and oxygen atoms in total. The molecule has 1 aromatic rings. The van der Waals surface area contributed by atoms with Crippen LogP contribution in [0, 0.1) is 11.7 Å². The van der Waals surface area contributed by atoms with Crippen LogP contribution >= 0.6 is 0 Å². The molecule has 0 bridgehead atoms. The van der Waals surface area contributed by atoms with Gasteiger partial charge in [-0.3, -0.25) is 0 Å². The van der Waals surface area contributed by atoms with Gasteiger partial charge in [0.1, 0.15) is 0 Å². The smallest absolute Gasteiger partial charge is 0.165 e. The highest BCUT2D eigenvalue weighted by molar-refractivity contribution is 5.27. The molecule has 4 heteroatoms. The SMILES string of the molecule is CCC(CC)C(O)CNCc1ccc(O)c(F)c1. The Labute approximate surface area is 108 Å². The minimum Gasteiger partial charge on any atom is -0.505 e. The van der Waals surface area contributed by atoms with Gasteiger partial charge < -0.3 is 15.5 Å². The van der Waals surface area contributed by atoms with Crippen LogP contribution in [-0.4, -0.2) is 22.9 Å². The zero-order valence-corrected chi connectivity index (χ0v) is 11.0. The maximum Gasteiger partial charge on any atom is 0.165 e. The van der Waals surface area contributed by atoms with Crippen LogP contribution in [0.4, 0.5) is 4.39 Å². The molecule has 0 aromatic heterocycles. The van der Waals surface area contributed by atoms with Crippen molar-refractivity contribution in [3.8, 4) is 5.75 Å². The molecule has 0 saturated heterocycles. The average Bonchev–Trinajstić information content (AvgIpc) is 2.35. The number of hydrogen-bond acceptors (Lipinski definition) is 3. The lowest BCUT2D eigenvalue weighted by atomic mass is 9.96. The van der Waals surface area contributed by atoms with E-state index in [4.69, 9.17) is 5.11 Å². The Morgan fingerprint density at radius 3 is 2.50 bits per heavy atom. The van der Waals surface area contributed by atoms with E-state index < -0.39 is 5.82 Å². The molecule has 1 unspecified atom stereocenters. The molecule has 0 fully saturated rings. The Hall–Kier alpha value is -1.13. The number of phenolic OH excluding ortho intramolecular Hbond substituents is 1. The van der Waals surface area contributed by atoms with Crippen molar-refractivity contribution in [3.63, 3.8) is 0 Å². The summed E-state index contributed by atoms with van der Waals surface area (Å²) in [6, 6.07) is 4.30. The molecule has 3 N–H and O–H groups in total. The van der Waals surface area contributed by atoms with Gasteiger partial charge in [0.05, 0.1) is 6.10 Å². The average molecular weight is 255 g/mol. The van der Waals surface area contributed by atoms with Gasteiger partial charge in [0, 0.05) is 13.1 Å². The predicted molar refractivity (Wildman–Crippen MR) is 69.9 cm³/mol. The second-order valence-electron chi connectivity index (χ2n) is 4.56. The Morgan fingerprint density at radius 2 is 1.94 bits per heavy atom. The van der Waals surface area contributed by atoms with Crippen molar-refractivity contribution in [2.75, 3.05) is 6.54 Å². The van der Waals surface area contributed by atoms with Crippen LogP contribution in [0.1, 0.15) is 32.3 Å². The predicted octanol–water partition coefficient (Wildman–Crippen LogP) is 2.42. The highest BCUT2D eigenvalue weighted by atomic mass is 19.1. The molecule has 0 spiro atoms. The van der Waals surface area contributed by atoms with Crippen molar-refractivity contribution in [2.24, 2.45) is 5.92 Å². The first kappa shape index (κ1) is 14.9. The first-order chi connectivity index (χ1) is 8.58. The molecule has 0 amide bonds. The summed E-state index contributed by atoms with van der Waals surface area (Å²) < 4.78 is 13.1. The van der Waals surface area contributed by atoms with Gasteiger partial charge in [-0.1, -0.05) is 32.8 Å². The van der Waals surface area contributed by atoms with Gasteiger partial charge in [0.15, 0.2) is 11.6 Å². The number of hydrogen-bond donors (Lipinski definition) is 3. The summed E-state index contributed by atoms with van der Waals surface area (Å²) in [5.74, 6) is -0.653. The van der Waals surface area contributed by atoms with E-state index in [1.807, 2.05) is 0 Å². The monoisotopic (exact) mass is 255 g/mol. The van der Waals surface area contributed by atoms with E-state index in [1.165, 1.54) is 12.1 Å². The third-order valence-corrected chi connectivity index (χ3v) is 3.29. The van der Waals surface area contributed by atoms with Crippen molar-refractivity contribution in [1.29, 1.82) is 0 Å². The first-order valence-corrected chi connectivity index (χ1v) is 6.44. The quantitative estimate of drug-likeness (QED) is 0.701. The molecule has 0 heterocycles. The number of halogens is 1. The second kappa shape index (κ2) is 7.34. The van der Waals surface area contributed by atoms with Crippen LogP contribution < -0.4 is 5.32 Å². The van der Waals surface area contributed by atoms with Crippen LogP contribution in [0.3, 0.4) is 0 Å². The lowest BCUT2D eigenvalue weighted by Crippen LogP contribution is -2.32. The summed E-state index contributed by atoms with van der Waals surface area (Å²) in [7, 11) is 0. The number of rotatable bonds is 7. The highest BCUT2D eigenvalue weighted by Gasteiger charge is 2.14. The Morgan fingerprint density at radius 1 is 1.28 bits per heavy atom. The van der Waals surface area contributed by atoms with Crippen molar-refractivity contribution < 1.29 is 14.6 Å². The number of phenols is 1. The molecule has 18 heavy (non-hydrogen) atoms. The standard InChI is InChI=1S/C14H22FNO2/c1-3-11(4-2)14(18)9-16-8-10-5-6-13(17)12(15)7-10/h5-7,11,14,16-18H,3-4,8-9H2,1-2H3. The maximum atomic E-state index is 13.1. The molecule has 0 aliphatic rings. The molecule has 1 aromatic carbocycles. The number of benzene rings is 1. The van der Waals surface area contributed by atoms with E-state index >= 15 is 0 Å². The third-order valence-electron chi connectivity index (χ3n) is 3.29. The van der Waals surface area contributed by atoms with E-state index in [0.717, 1.165) is 18.4 Å². The van der Waals surface area contributed by atoms with Crippen LogP contribution in [0.25, 0.3) is 0 Å². The van der Waals surface area contributed by atoms with Crippen molar-refractivity contribution in [1.82, 2.24) is 5.32 Å². The molecule has 0 aliphatic carbocycles. The Balaban J connectivity index is 2.39. The minimum atomic E-state index is -0.616. The van der Waals surface area contributed by atoms with Crippen LogP contribution in [0.2, 0.25) is 0 Å². The third kappa shape index (κ3) is 4.27. The topological polar surface area (TPSA) is 52.5 Å². The summed E-state index contributed by atoms with van der Waals surface area (Å²) >= 11 is 0. The first-order valence-electron chi connectivity index (χ1n) is 6.44. The zero-order chi connectivity index (χ0) is 13.5. The van der Waals surface area contributed by atoms with Gasteiger partial charge in [0.2, 0.25) is 0 Å². The summed E-state index contributed by atoms with van der Waals surface area (Å²) in [5, 5.41) is 22.1. The van der Waals surface area contributed by atoms with E-state index in [2.05, 4.69) is 19.2 Å². The van der Waals surface area contributed by atoms with Gasteiger partial charge in [-0.05, 0) is 23.6 Å². The van der Waals surface area contributed by atoms with Gasteiger partial charge in [0.25, 0.3) is 0 Å². The lowest BCUT2D eigenvalue weighted by Gasteiger charge is -2.20. The molecule has 102 valence electrons. The largest absolute Gasteiger partial charge is 0.505 e. The fraction of sp³-hybridized carbons (Fsp3) is 0.571. The zero-order valence-electron chi connectivity index (χ0n) is 11.0. The summed E-state index contributed by atoms with van der Waals surface area (Å²) in [5.41, 5.74) is 0.752. The van der Waals surface area contributed by atoms with Crippen LogP contribution in [-0.2, 0) is 6.54 Å². The fourth-order valence-electron chi connectivity index (χ4n) is 2.02. The Kier molecular flexibility index (Phi) is 6.09. The fourth-order valence-corrected chi connectivity index (χ4v) is 2.02. The van der Waals surface area contributed by atoms with Gasteiger partial charge in [-0.2, -0.15) is 0 Å². The number of aliphatic hydroxyl groups excluding tert-OH is 1. The van der Waals surface area contributed by atoms with Crippen LogP contribution in [0.15, 0.2) is 18.2 Å². The lowest BCUT2D eigenvalue weighted by molar-refractivity contribution is 0.101. The molecule has 1 atom stereocenters. The van der Waals surface area contributed by atoms with Crippen molar-refractivity contribution in [3.05, 3.63) is 29.6 Å². The van der Waals surface area contributed by atoms with E-state index in [0.29, 0.717) is 19.0 Å². The van der Waals surface area contributed by atoms with E-state index in [9.17, 15) is 9.50 Å². The molecule has 0 saturated carbocycles. The number of aliphatic hydroxyl groups is 1. The van der Waals surface area contributed by atoms with E-state index in [1.54, 1.807) is 6.07 Å². The van der Waals surface area contributed by atoms with E-state index in [-0.39, 0.29) is 11.9 Å². The highest BCUT2D eigenvalue weighted by Crippen LogP contribution is 2.16. The number of aromatic hydroxyl groups is 1. The maximum absolute atomic E-state index is 13.1. The van der Waals surface area contributed by atoms with Gasteiger partial charge >= 0.3 is 0 Å². The minimum absolute atomic E-state index is 0.300. The summed E-state index contributed by atoms with van der Waals surface area (Å²) in [4.78, 5) is 0. The molecule has 0 aliphatic heterocycles. The van der Waals surface area contributed by atoms with Crippen LogP contribution in [0.5, 0.6) is 5.75 Å². The normalized spacial score (nSPS) is 12.9.